The first kappa shape index (κ1) is 10.3. The average molecular weight is 186 g/mol. The van der Waals surface area contributed by atoms with Crippen molar-refractivity contribution in [1.29, 1.82) is 0 Å². The normalized spacial score (nSPS) is 23.1. The van der Waals surface area contributed by atoms with Gasteiger partial charge in [0.25, 0.3) is 0 Å². The van der Waals surface area contributed by atoms with Crippen LogP contribution >= 0.6 is 0 Å². The summed E-state index contributed by atoms with van der Waals surface area (Å²) in [4.78, 5) is 10.6. The number of ether oxygens (including phenoxy) is 1. The fraction of sp³-hybridized carbons (Fsp3) is 0.889. The van der Waals surface area contributed by atoms with Crippen LogP contribution in [0.15, 0.2) is 0 Å². The molecule has 0 aromatic rings. The van der Waals surface area contributed by atoms with Crippen molar-refractivity contribution >= 4 is 6.09 Å². The van der Waals surface area contributed by atoms with Gasteiger partial charge in [0, 0.05) is 0 Å². The lowest BCUT2D eigenvalue weighted by Gasteiger charge is -2.26. The van der Waals surface area contributed by atoms with E-state index < -0.39 is 11.7 Å². The third kappa shape index (κ3) is 3.63. The molecule has 4 heteroatoms. The molecular formula is C9H18N2O2. The highest BCUT2D eigenvalue weighted by molar-refractivity contribution is 5.65. The molecule has 0 aliphatic carbocycles. The lowest BCUT2D eigenvalue weighted by atomic mass is 9.93. The molecule has 0 radical (unpaired) electrons. The van der Waals surface area contributed by atoms with E-state index in [1.807, 2.05) is 13.8 Å². The molecule has 0 aromatic heterocycles. The van der Waals surface area contributed by atoms with Gasteiger partial charge in [-0.3, -0.25) is 0 Å². The van der Waals surface area contributed by atoms with Crippen LogP contribution in [0.4, 0.5) is 4.79 Å². The summed E-state index contributed by atoms with van der Waals surface area (Å²) in [5.74, 6) is 0.606. The van der Waals surface area contributed by atoms with Gasteiger partial charge in [0.15, 0.2) is 0 Å². The number of nitrogens with one attached hydrogen (secondary N) is 1. The number of hydrogen-bond acceptors (Lipinski definition) is 3. The maximum absolute atomic E-state index is 10.6. The predicted molar refractivity (Wildman–Crippen MR) is 50.3 cm³/mol. The molecule has 4 nitrogen and oxygen atoms in total. The monoisotopic (exact) mass is 186 g/mol. The zero-order chi connectivity index (χ0) is 9.90. The quantitative estimate of drug-likeness (QED) is 0.687. The molecule has 1 aliphatic heterocycles. The van der Waals surface area contributed by atoms with E-state index in [4.69, 9.17) is 10.5 Å². The highest BCUT2D eigenvalue weighted by atomic mass is 16.6. The third-order valence-electron chi connectivity index (χ3n) is 2.32. The maximum Gasteiger partial charge on any atom is 0.405 e. The molecular weight excluding hydrogens is 168 g/mol. The summed E-state index contributed by atoms with van der Waals surface area (Å²) < 4.78 is 5.01. The smallest absolute Gasteiger partial charge is 0.405 e. The van der Waals surface area contributed by atoms with Gasteiger partial charge in [-0.2, -0.15) is 0 Å². The number of primary amides is 1. The second-order valence-corrected chi connectivity index (χ2v) is 4.24. The van der Waals surface area contributed by atoms with E-state index in [0.717, 1.165) is 25.9 Å². The van der Waals surface area contributed by atoms with Gasteiger partial charge in [0.2, 0.25) is 0 Å². The van der Waals surface area contributed by atoms with Crippen LogP contribution in [-0.2, 0) is 4.74 Å². The van der Waals surface area contributed by atoms with Crippen LogP contribution in [0, 0.1) is 5.92 Å². The van der Waals surface area contributed by atoms with Crippen molar-refractivity contribution in [2.45, 2.75) is 32.3 Å². The van der Waals surface area contributed by atoms with Crippen LogP contribution in [0.2, 0.25) is 0 Å². The zero-order valence-electron chi connectivity index (χ0n) is 8.30. The van der Waals surface area contributed by atoms with Crippen molar-refractivity contribution in [3.63, 3.8) is 0 Å². The number of nitrogens with two attached hydrogens (primary N) is 1. The molecule has 1 aliphatic rings. The Morgan fingerprint density at radius 3 is 2.85 bits per heavy atom. The summed E-state index contributed by atoms with van der Waals surface area (Å²) in [7, 11) is 0. The zero-order valence-corrected chi connectivity index (χ0v) is 8.30. The van der Waals surface area contributed by atoms with E-state index in [2.05, 4.69) is 5.32 Å². The number of amides is 1. The Kier molecular flexibility index (Phi) is 3.14. The van der Waals surface area contributed by atoms with Crippen LogP contribution in [0.5, 0.6) is 0 Å². The second kappa shape index (κ2) is 3.96. The molecule has 1 saturated heterocycles. The lowest BCUT2D eigenvalue weighted by Crippen LogP contribution is -2.33. The molecule has 1 heterocycles. The first-order chi connectivity index (χ1) is 5.99. The Hall–Kier alpha value is -0.770. The van der Waals surface area contributed by atoms with Gasteiger partial charge in [-0.05, 0) is 45.7 Å². The molecule has 0 saturated carbocycles. The van der Waals surface area contributed by atoms with Gasteiger partial charge in [0.1, 0.15) is 5.60 Å². The number of carbonyl (C=O) groups is 1. The molecule has 0 spiro atoms. The largest absolute Gasteiger partial charge is 0.444 e. The summed E-state index contributed by atoms with van der Waals surface area (Å²) in [5.41, 5.74) is 4.55. The SMILES string of the molecule is CC(C)(C[C@H]1CCNC1)OC(N)=O. The van der Waals surface area contributed by atoms with Crippen LogP contribution in [0.25, 0.3) is 0 Å². The van der Waals surface area contributed by atoms with E-state index in [1.165, 1.54) is 0 Å². The Morgan fingerprint density at radius 2 is 2.38 bits per heavy atom. The predicted octanol–water partition coefficient (Wildman–Crippen LogP) is 0.860. The summed E-state index contributed by atoms with van der Waals surface area (Å²) in [6.45, 7) is 5.88. The van der Waals surface area contributed by atoms with Gasteiger partial charge >= 0.3 is 6.09 Å². The van der Waals surface area contributed by atoms with Gasteiger partial charge in [-0.15, -0.1) is 0 Å². The molecule has 13 heavy (non-hydrogen) atoms. The standard InChI is InChI=1S/C9H18N2O2/c1-9(2,13-8(10)12)5-7-3-4-11-6-7/h7,11H,3-6H2,1-2H3,(H2,10,12)/t7-/m1/s1. The van der Waals surface area contributed by atoms with E-state index >= 15 is 0 Å². The Labute approximate surface area is 78.8 Å². The molecule has 0 unspecified atom stereocenters. The molecule has 76 valence electrons. The van der Waals surface area contributed by atoms with Crippen molar-refractivity contribution in [2.24, 2.45) is 11.7 Å². The van der Waals surface area contributed by atoms with Crippen molar-refractivity contribution in [2.75, 3.05) is 13.1 Å². The summed E-state index contributed by atoms with van der Waals surface area (Å²) in [6.07, 6.45) is 1.35. The van der Waals surface area contributed by atoms with Crippen LogP contribution in [0.1, 0.15) is 26.7 Å². The summed E-state index contributed by atoms with van der Waals surface area (Å²) in [6, 6.07) is 0. The second-order valence-electron chi connectivity index (χ2n) is 4.24. The van der Waals surface area contributed by atoms with Gasteiger partial charge in [-0.25, -0.2) is 4.79 Å². The molecule has 1 fully saturated rings. The van der Waals surface area contributed by atoms with Crippen LogP contribution < -0.4 is 11.1 Å². The molecule has 0 bridgehead atoms. The van der Waals surface area contributed by atoms with E-state index in [1.54, 1.807) is 0 Å². The fourth-order valence-electron chi connectivity index (χ4n) is 1.90. The number of carbonyl (C=O) groups excluding carboxylic acids is 1. The van der Waals surface area contributed by atoms with Crippen molar-refractivity contribution in [3.05, 3.63) is 0 Å². The van der Waals surface area contributed by atoms with E-state index in [9.17, 15) is 4.79 Å². The van der Waals surface area contributed by atoms with Crippen LogP contribution in [0.3, 0.4) is 0 Å². The summed E-state index contributed by atoms with van der Waals surface area (Å²) in [5, 5.41) is 3.28. The Bertz CT molecular complexity index is 186. The van der Waals surface area contributed by atoms with Crippen molar-refractivity contribution in [1.82, 2.24) is 5.32 Å². The average Bonchev–Trinajstić information content (AvgIpc) is 2.34. The molecule has 1 rings (SSSR count). The molecule has 1 atom stereocenters. The minimum absolute atomic E-state index is 0.428. The minimum atomic E-state index is -0.684. The van der Waals surface area contributed by atoms with Gasteiger partial charge in [-0.1, -0.05) is 0 Å². The highest BCUT2D eigenvalue weighted by Gasteiger charge is 2.27. The topological polar surface area (TPSA) is 64.3 Å². The Morgan fingerprint density at radius 1 is 1.69 bits per heavy atom. The van der Waals surface area contributed by atoms with E-state index in [-0.39, 0.29) is 0 Å². The molecule has 0 aromatic carbocycles. The number of rotatable bonds is 3. The Balaban J connectivity index is 2.35. The third-order valence-corrected chi connectivity index (χ3v) is 2.32. The molecule has 3 N–H and O–H groups in total. The number of hydrogen-bond donors (Lipinski definition) is 2. The van der Waals surface area contributed by atoms with Crippen molar-refractivity contribution < 1.29 is 9.53 Å². The van der Waals surface area contributed by atoms with E-state index in [0.29, 0.717) is 5.92 Å². The minimum Gasteiger partial charge on any atom is -0.444 e. The van der Waals surface area contributed by atoms with Crippen LogP contribution in [-0.4, -0.2) is 24.8 Å². The first-order valence-corrected chi connectivity index (χ1v) is 4.69. The first-order valence-electron chi connectivity index (χ1n) is 4.69. The fourth-order valence-corrected chi connectivity index (χ4v) is 1.90. The van der Waals surface area contributed by atoms with Gasteiger partial charge in [0.05, 0.1) is 0 Å². The van der Waals surface area contributed by atoms with Crippen molar-refractivity contribution in [3.8, 4) is 0 Å². The maximum atomic E-state index is 10.6. The summed E-state index contributed by atoms with van der Waals surface area (Å²) >= 11 is 0. The van der Waals surface area contributed by atoms with Gasteiger partial charge < -0.3 is 15.8 Å². The lowest BCUT2D eigenvalue weighted by molar-refractivity contribution is 0.0284. The highest BCUT2D eigenvalue weighted by Crippen LogP contribution is 2.24. The molecule has 1 amide bonds.